The molecule has 0 saturated heterocycles. The molecule has 140 valence electrons. The van der Waals surface area contributed by atoms with E-state index < -0.39 is 0 Å². The molecule has 0 unspecified atom stereocenters. The van der Waals surface area contributed by atoms with Crippen LogP contribution in [0.5, 0.6) is 11.5 Å². The number of hydrogen-bond acceptors (Lipinski definition) is 1. The van der Waals surface area contributed by atoms with Crippen LogP contribution >= 0.6 is 0 Å². The van der Waals surface area contributed by atoms with Gasteiger partial charge in [-0.05, 0) is 58.3 Å². The first-order chi connectivity index (χ1) is 14.9. The van der Waals surface area contributed by atoms with Crippen LogP contribution in [-0.4, -0.2) is 4.57 Å². The predicted molar refractivity (Wildman–Crippen MR) is 124 cm³/mol. The molecule has 0 spiro atoms. The Bertz CT molecular complexity index is 1620. The van der Waals surface area contributed by atoms with Crippen LogP contribution in [0.1, 0.15) is 0 Å². The summed E-state index contributed by atoms with van der Waals surface area (Å²) in [5.41, 5.74) is 5.81. The molecule has 0 bridgehead atoms. The molecule has 0 fully saturated rings. The summed E-state index contributed by atoms with van der Waals surface area (Å²) in [4.78, 5) is 0. The Morgan fingerprint density at radius 3 is 2.30 bits per heavy atom. The van der Waals surface area contributed by atoms with E-state index in [4.69, 9.17) is 4.74 Å². The third kappa shape index (κ3) is 2.08. The normalized spacial score (nSPS) is 12.3. The zero-order valence-corrected chi connectivity index (χ0v) is 16.2. The van der Waals surface area contributed by atoms with E-state index in [1.807, 2.05) is 12.1 Å². The standard InChI is InChI=1S/C28H17NO/c1-2-8-19-15-20(14-13-18(19)7-1)21-16-23-22-9-3-4-10-24(22)29-25-11-5-6-12-26(25)30-27(17-21)28(23)29/h1-17H. The van der Waals surface area contributed by atoms with Gasteiger partial charge in [-0.15, -0.1) is 0 Å². The summed E-state index contributed by atoms with van der Waals surface area (Å²) in [7, 11) is 0. The van der Waals surface area contributed by atoms with Gasteiger partial charge in [0.05, 0.1) is 16.7 Å². The van der Waals surface area contributed by atoms with E-state index in [0.717, 1.165) is 22.7 Å². The summed E-state index contributed by atoms with van der Waals surface area (Å²) in [6.45, 7) is 0. The van der Waals surface area contributed by atoms with Crippen LogP contribution in [0.4, 0.5) is 0 Å². The minimum absolute atomic E-state index is 0.892. The molecule has 1 aromatic heterocycles. The van der Waals surface area contributed by atoms with Crippen LogP contribution in [0.2, 0.25) is 0 Å². The van der Waals surface area contributed by atoms with Crippen molar-refractivity contribution in [3.8, 4) is 28.3 Å². The average Bonchev–Trinajstić information content (AvgIpc) is 3.15. The molecule has 0 radical (unpaired) electrons. The van der Waals surface area contributed by atoms with Gasteiger partial charge in [0.25, 0.3) is 0 Å². The highest BCUT2D eigenvalue weighted by Gasteiger charge is 2.24. The fraction of sp³-hybridized carbons (Fsp3) is 0. The third-order valence-electron chi connectivity index (χ3n) is 6.14. The lowest BCUT2D eigenvalue weighted by molar-refractivity contribution is 0.476. The van der Waals surface area contributed by atoms with Crippen LogP contribution in [0.25, 0.3) is 49.4 Å². The largest absolute Gasteiger partial charge is 0.453 e. The molecule has 5 aromatic carbocycles. The monoisotopic (exact) mass is 383 g/mol. The van der Waals surface area contributed by atoms with Gasteiger partial charge in [-0.25, -0.2) is 0 Å². The summed E-state index contributed by atoms with van der Waals surface area (Å²) < 4.78 is 8.74. The van der Waals surface area contributed by atoms with E-state index in [-0.39, 0.29) is 0 Å². The number of aromatic nitrogens is 1. The SMILES string of the molecule is c1ccc2c(c1)Oc1cc(-c3ccc4ccccc4c3)cc3c4ccccc4n-2c13. The van der Waals surface area contributed by atoms with Crippen molar-refractivity contribution in [2.45, 2.75) is 0 Å². The molecule has 0 atom stereocenters. The van der Waals surface area contributed by atoms with Crippen molar-refractivity contribution in [1.29, 1.82) is 0 Å². The topological polar surface area (TPSA) is 14.2 Å². The highest BCUT2D eigenvalue weighted by atomic mass is 16.5. The molecule has 1 aliphatic heterocycles. The Morgan fingerprint density at radius 2 is 1.33 bits per heavy atom. The second-order valence-corrected chi connectivity index (χ2v) is 7.85. The lowest BCUT2D eigenvalue weighted by atomic mass is 9.99. The zero-order valence-electron chi connectivity index (χ0n) is 16.2. The van der Waals surface area contributed by atoms with Crippen LogP contribution in [0, 0.1) is 0 Å². The lowest BCUT2D eigenvalue weighted by Crippen LogP contribution is -2.03. The molecule has 0 saturated carbocycles. The number of rotatable bonds is 1. The molecular weight excluding hydrogens is 366 g/mol. The molecular formula is C28H17NO. The number of para-hydroxylation sites is 3. The van der Waals surface area contributed by atoms with E-state index in [9.17, 15) is 0 Å². The smallest absolute Gasteiger partial charge is 0.152 e. The minimum atomic E-state index is 0.892. The Hall–Kier alpha value is -4.04. The van der Waals surface area contributed by atoms with Crippen LogP contribution in [0.3, 0.4) is 0 Å². The molecule has 6 aromatic rings. The van der Waals surface area contributed by atoms with Crippen molar-refractivity contribution in [3.05, 3.63) is 103 Å². The van der Waals surface area contributed by atoms with Crippen molar-refractivity contribution >= 4 is 32.6 Å². The summed E-state index contributed by atoms with van der Waals surface area (Å²) in [5, 5.41) is 4.97. The van der Waals surface area contributed by atoms with Crippen molar-refractivity contribution in [1.82, 2.24) is 4.57 Å². The second-order valence-electron chi connectivity index (χ2n) is 7.85. The van der Waals surface area contributed by atoms with Gasteiger partial charge in [0.2, 0.25) is 0 Å². The number of ether oxygens (including phenoxy) is 1. The Kier molecular flexibility index (Phi) is 3.03. The quantitative estimate of drug-likeness (QED) is 0.283. The third-order valence-corrected chi connectivity index (χ3v) is 6.14. The van der Waals surface area contributed by atoms with Gasteiger partial charge in [-0.3, -0.25) is 0 Å². The van der Waals surface area contributed by atoms with Crippen LogP contribution in [0.15, 0.2) is 103 Å². The molecule has 0 amide bonds. The van der Waals surface area contributed by atoms with Gasteiger partial charge in [0, 0.05) is 10.8 Å². The highest BCUT2D eigenvalue weighted by molar-refractivity contribution is 6.13. The Labute approximate surface area is 173 Å². The maximum atomic E-state index is 6.41. The zero-order chi connectivity index (χ0) is 19.7. The summed E-state index contributed by atoms with van der Waals surface area (Å²) >= 11 is 0. The molecule has 0 aliphatic carbocycles. The second kappa shape index (κ2) is 5.74. The van der Waals surface area contributed by atoms with E-state index in [1.54, 1.807) is 0 Å². The first kappa shape index (κ1) is 15.8. The molecule has 2 nitrogen and oxygen atoms in total. The van der Waals surface area contributed by atoms with E-state index in [1.165, 1.54) is 38.2 Å². The molecule has 2 heterocycles. The fourth-order valence-corrected chi connectivity index (χ4v) is 4.77. The predicted octanol–water partition coefficient (Wildman–Crippen LogP) is 7.71. The number of nitrogens with zero attached hydrogens (tertiary/aromatic N) is 1. The van der Waals surface area contributed by atoms with Gasteiger partial charge in [0.1, 0.15) is 0 Å². The summed E-state index contributed by atoms with van der Waals surface area (Å²) in [6.07, 6.45) is 0. The Morgan fingerprint density at radius 1 is 0.533 bits per heavy atom. The lowest BCUT2D eigenvalue weighted by Gasteiger charge is -2.21. The molecule has 0 N–H and O–H groups in total. The first-order valence-electron chi connectivity index (χ1n) is 10.2. The van der Waals surface area contributed by atoms with Crippen molar-refractivity contribution in [3.63, 3.8) is 0 Å². The van der Waals surface area contributed by atoms with E-state index >= 15 is 0 Å². The molecule has 1 aliphatic rings. The molecule has 7 rings (SSSR count). The maximum absolute atomic E-state index is 6.41. The maximum Gasteiger partial charge on any atom is 0.152 e. The number of hydrogen-bond donors (Lipinski definition) is 0. The highest BCUT2D eigenvalue weighted by Crippen LogP contribution is 2.47. The molecule has 2 heteroatoms. The van der Waals surface area contributed by atoms with E-state index in [0.29, 0.717) is 0 Å². The molecule has 30 heavy (non-hydrogen) atoms. The van der Waals surface area contributed by atoms with Crippen LogP contribution in [-0.2, 0) is 0 Å². The van der Waals surface area contributed by atoms with E-state index in [2.05, 4.69) is 95.6 Å². The van der Waals surface area contributed by atoms with Crippen molar-refractivity contribution in [2.24, 2.45) is 0 Å². The summed E-state index contributed by atoms with van der Waals surface area (Å²) in [5.74, 6) is 1.80. The summed E-state index contributed by atoms with van der Waals surface area (Å²) in [6, 6.07) is 36.5. The van der Waals surface area contributed by atoms with Gasteiger partial charge in [-0.2, -0.15) is 0 Å². The number of fused-ring (bicyclic) bond motifs is 6. The van der Waals surface area contributed by atoms with Gasteiger partial charge in [0.15, 0.2) is 11.5 Å². The first-order valence-corrected chi connectivity index (χ1v) is 10.2. The van der Waals surface area contributed by atoms with Gasteiger partial charge < -0.3 is 9.30 Å². The van der Waals surface area contributed by atoms with Gasteiger partial charge in [-0.1, -0.05) is 66.7 Å². The fourth-order valence-electron chi connectivity index (χ4n) is 4.77. The van der Waals surface area contributed by atoms with Crippen molar-refractivity contribution < 1.29 is 4.74 Å². The van der Waals surface area contributed by atoms with Gasteiger partial charge >= 0.3 is 0 Å². The minimum Gasteiger partial charge on any atom is -0.453 e. The average molecular weight is 383 g/mol. The Balaban J connectivity index is 1.58. The van der Waals surface area contributed by atoms with Crippen LogP contribution < -0.4 is 4.74 Å². The van der Waals surface area contributed by atoms with Crippen molar-refractivity contribution in [2.75, 3.05) is 0 Å². The number of benzene rings is 5.